The highest BCUT2D eigenvalue weighted by molar-refractivity contribution is 7.20. The topological polar surface area (TPSA) is 29.3 Å². The molecule has 238 valence electrons. The molecular weight excluding hydrogens is 627 g/mol. The molecule has 0 amide bonds. The molecule has 0 bridgehead atoms. The number of benzene rings is 6. The van der Waals surface area contributed by atoms with Crippen LogP contribution in [0.5, 0.6) is 0 Å². The molecular formula is C46H33N3S. The Morgan fingerprint density at radius 1 is 0.620 bits per heavy atom. The average molecular weight is 660 g/mol. The van der Waals surface area contributed by atoms with E-state index in [0.29, 0.717) is 0 Å². The number of hydrogen-bond donors (Lipinski definition) is 1. The predicted molar refractivity (Wildman–Crippen MR) is 213 cm³/mol. The minimum atomic E-state index is -0.0421. The molecule has 10 rings (SSSR count). The fourth-order valence-corrected chi connectivity index (χ4v) is 9.01. The summed E-state index contributed by atoms with van der Waals surface area (Å²) < 4.78 is 3.69. The number of aliphatic imine (C=N–C) groups is 1. The normalized spacial score (nSPS) is 15.6. The maximum Gasteiger partial charge on any atom is 0.209 e. The molecule has 6 aromatic carbocycles. The van der Waals surface area contributed by atoms with Gasteiger partial charge in [0.05, 0.1) is 22.8 Å². The van der Waals surface area contributed by atoms with E-state index in [1.54, 1.807) is 0 Å². The minimum absolute atomic E-state index is 0.0421. The van der Waals surface area contributed by atoms with E-state index in [1.807, 2.05) is 11.3 Å². The number of para-hydroxylation sites is 1. The van der Waals surface area contributed by atoms with Crippen LogP contribution in [0.3, 0.4) is 0 Å². The summed E-state index contributed by atoms with van der Waals surface area (Å²) in [6.45, 7) is 0. The van der Waals surface area contributed by atoms with Crippen LogP contribution in [0.25, 0.3) is 65.9 Å². The van der Waals surface area contributed by atoms with Crippen molar-refractivity contribution in [2.24, 2.45) is 4.99 Å². The van der Waals surface area contributed by atoms with Crippen LogP contribution in [0.15, 0.2) is 163 Å². The molecule has 8 aromatic rings. The molecule has 1 aliphatic carbocycles. The number of nitrogens with one attached hydrogen (secondary N) is 1. The first kappa shape index (κ1) is 29.0. The van der Waals surface area contributed by atoms with E-state index in [9.17, 15) is 0 Å². The van der Waals surface area contributed by atoms with Gasteiger partial charge in [-0.05, 0) is 82.0 Å². The zero-order valence-corrected chi connectivity index (χ0v) is 28.2. The molecule has 0 fully saturated rings. The summed E-state index contributed by atoms with van der Waals surface area (Å²) in [7, 11) is 0. The molecule has 2 aromatic heterocycles. The number of aromatic nitrogens is 1. The number of fused-ring (bicyclic) bond motifs is 6. The van der Waals surface area contributed by atoms with Gasteiger partial charge >= 0.3 is 0 Å². The predicted octanol–water partition coefficient (Wildman–Crippen LogP) is 11.9. The van der Waals surface area contributed by atoms with Crippen LogP contribution in [0, 0.1) is 0 Å². The molecule has 0 saturated heterocycles. The van der Waals surface area contributed by atoms with E-state index in [-0.39, 0.29) is 6.04 Å². The van der Waals surface area contributed by atoms with Crippen molar-refractivity contribution in [3.63, 3.8) is 0 Å². The molecule has 0 saturated carbocycles. The van der Waals surface area contributed by atoms with Crippen LogP contribution in [0.1, 0.15) is 34.0 Å². The number of nitrogens with zero attached hydrogens (tertiary/aromatic N) is 2. The molecule has 1 aliphatic heterocycles. The number of allylic oxidation sites excluding steroid dienone is 1. The van der Waals surface area contributed by atoms with Crippen LogP contribution in [0.2, 0.25) is 0 Å². The fraction of sp³-hybridized carbons (Fsp3) is 0.0652. The zero-order chi connectivity index (χ0) is 33.0. The lowest BCUT2D eigenvalue weighted by molar-refractivity contribution is 0.760. The standard InChI is InChI=1S/C46H33N3S/c1-3-12-30(13-4-1)31-22-24-33(25-23-31)41-29-40(32-14-5-2-6-15-32)47-46(48-41)49-42-20-9-7-16-36(42)39-28-34(26-27-43(39)49)35-18-11-19-38-37-17-8-10-21-44(37)50-45(35)38/h1-7,9-16,18-29,40H,8,17H2,(H,47,48). The largest absolute Gasteiger partial charge is 0.345 e. The third-order valence-electron chi connectivity index (χ3n) is 10.2. The first-order valence-electron chi connectivity index (χ1n) is 17.3. The van der Waals surface area contributed by atoms with Gasteiger partial charge in [-0.3, -0.25) is 4.57 Å². The van der Waals surface area contributed by atoms with Gasteiger partial charge in [0.1, 0.15) is 0 Å². The molecule has 3 nitrogen and oxygen atoms in total. The molecule has 0 spiro atoms. The Balaban J connectivity index is 1.12. The van der Waals surface area contributed by atoms with E-state index >= 15 is 0 Å². The van der Waals surface area contributed by atoms with Gasteiger partial charge in [0.2, 0.25) is 5.96 Å². The third kappa shape index (κ3) is 4.83. The summed E-state index contributed by atoms with van der Waals surface area (Å²) >= 11 is 1.93. The number of hydrogen-bond acceptors (Lipinski definition) is 3. The van der Waals surface area contributed by atoms with Crippen LogP contribution in [-0.2, 0) is 6.42 Å². The Morgan fingerprint density at radius 2 is 1.32 bits per heavy atom. The molecule has 2 aliphatic rings. The second-order valence-electron chi connectivity index (χ2n) is 13.1. The van der Waals surface area contributed by atoms with Gasteiger partial charge in [-0.25, -0.2) is 4.99 Å². The van der Waals surface area contributed by atoms with Gasteiger partial charge in [0.15, 0.2) is 0 Å². The van der Waals surface area contributed by atoms with Crippen LogP contribution < -0.4 is 5.32 Å². The first-order valence-corrected chi connectivity index (χ1v) is 18.1. The highest BCUT2D eigenvalue weighted by Crippen LogP contribution is 2.42. The minimum Gasteiger partial charge on any atom is -0.345 e. The van der Waals surface area contributed by atoms with Gasteiger partial charge in [-0.2, -0.15) is 0 Å². The summed E-state index contributed by atoms with van der Waals surface area (Å²) in [4.78, 5) is 6.76. The summed E-state index contributed by atoms with van der Waals surface area (Å²) in [5.74, 6) is 0.822. The van der Waals surface area contributed by atoms with E-state index in [1.165, 1.54) is 59.1 Å². The van der Waals surface area contributed by atoms with Gasteiger partial charge in [-0.15, -0.1) is 11.3 Å². The Kier molecular flexibility index (Phi) is 6.88. The summed E-state index contributed by atoms with van der Waals surface area (Å²) in [6, 6.07) is 52.4. The lowest BCUT2D eigenvalue weighted by atomic mass is 9.97. The van der Waals surface area contributed by atoms with Crippen molar-refractivity contribution in [2.75, 3.05) is 0 Å². The van der Waals surface area contributed by atoms with Gasteiger partial charge in [0.25, 0.3) is 0 Å². The molecule has 0 radical (unpaired) electrons. The fourth-order valence-electron chi connectivity index (χ4n) is 7.70. The Bertz CT molecular complexity index is 2660. The molecule has 3 heterocycles. The van der Waals surface area contributed by atoms with Crippen molar-refractivity contribution in [2.45, 2.75) is 18.9 Å². The first-order chi connectivity index (χ1) is 24.8. The molecule has 50 heavy (non-hydrogen) atoms. The average Bonchev–Trinajstić information content (AvgIpc) is 3.74. The Labute approximate surface area is 295 Å². The maximum atomic E-state index is 5.36. The van der Waals surface area contributed by atoms with Gasteiger partial charge in [0, 0.05) is 25.9 Å². The van der Waals surface area contributed by atoms with Gasteiger partial charge < -0.3 is 5.32 Å². The number of thiophene rings is 1. The lowest BCUT2D eigenvalue weighted by Crippen LogP contribution is -2.35. The van der Waals surface area contributed by atoms with E-state index in [4.69, 9.17) is 4.99 Å². The maximum absolute atomic E-state index is 5.36. The number of rotatable bonds is 4. The molecule has 1 N–H and O–H groups in total. The monoisotopic (exact) mass is 659 g/mol. The van der Waals surface area contributed by atoms with Crippen molar-refractivity contribution in [1.82, 2.24) is 9.88 Å². The smallest absolute Gasteiger partial charge is 0.209 e. The van der Waals surface area contributed by atoms with Crippen molar-refractivity contribution >= 4 is 61.0 Å². The Hall–Kier alpha value is -5.97. The number of aryl methyl sites for hydroxylation is 1. The van der Waals surface area contributed by atoms with Crippen LogP contribution >= 0.6 is 11.3 Å². The van der Waals surface area contributed by atoms with Crippen molar-refractivity contribution in [3.8, 4) is 22.3 Å². The van der Waals surface area contributed by atoms with Crippen LogP contribution in [0.4, 0.5) is 0 Å². The lowest BCUT2D eigenvalue weighted by Gasteiger charge is -2.25. The highest BCUT2D eigenvalue weighted by Gasteiger charge is 2.24. The molecule has 1 atom stereocenters. The Morgan fingerprint density at radius 3 is 2.18 bits per heavy atom. The second-order valence-corrected chi connectivity index (χ2v) is 14.2. The van der Waals surface area contributed by atoms with Crippen LogP contribution in [-0.4, -0.2) is 10.5 Å². The summed E-state index contributed by atoms with van der Waals surface area (Å²) in [6.07, 6.45) is 9.11. The van der Waals surface area contributed by atoms with Crippen molar-refractivity contribution in [3.05, 3.63) is 179 Å². The van der Waals surface area contributed by atoms with E-state index in [0.717, 1.165) is 41.1 Å². The molecule has 4 heteroatoms. The summed E-state index contributed by atoms with van der Waals surface area (Å²) in [5, 5.41) is 7.66. The quantitative estimate of drug-likeness (QED) is 0.200. The van der Waals surface area contributed by atoms with Crippen molar-refractivity contribution in [1.29, 1.82) is 0 Å². The van der Waals surface area contributed by atoms with E-state index < -0.39 is 0 Å². The third-order valence-corrected chi connectivity index (χ3v) is 11.4. The summed E-state index contributed by atoms with van der Waals surface area (Å²) in [5.41, 5.74) is 12.0. The van der Waals surface area contributed by atoms with Gasteiger partial charge in [-0.1, -0.05) is 133 Å². The van der Waals surface area contributed by atoms with E-state index in [2.05, 4.69) is 174 Å². The SMILES string of the molecule is C1=Cc2sc3c(-c4ccc5c(c4)c4ccccc4n5C4=NC(c5ccc(-c6ccccc6)cc5)=CC(c5ccccc5)N4)cccc3c2CC1. The highest BCUT2D eigenvalue weighted by atomic mass is 32.1. The molecule has 1 unspecified atom stereocenters. The second kappa shape index (κ2) is 11.9. The van der Waals surface area contributed by atoms with Crippen molar-refractivity contribution < 1.29 is 0 Å². The zero-order valence-electron chi connectivity index (χ0n) is 27.4.